The summed E-state index contributed by atoms with van der Waals surface area (Å²) in [6.07, 6.45) is 0. The summed E-state index contributed by atoms with van der Waals surface area (Å²) in [7, 11) is 0. The molecule has 10 heavy (non-hydrogen) atoms. The number of rotatable bonds is 2. The van der Waals surface area contributed by atoms with Crippen LogP contribution in [-0.4, -0.2) is 6.54 Å². The first kappa shape index (κ1) is 9.45. The van der Waals surface area contributed by atoms with Gasteiger partial charge in [-0.3, -0.25) is 0 Å². The van der Waals surface area contributed by atoms with Crippen LogP contribution >= 0.6 is 0 Å². The van der Waals surface area contributed by atoms with Gasteiger partial charge in [0.1, 0.15) is 0 Å². The maximum absolute atomic E-state index is 8.76. The van der Waals surface area contributed by atoms with Crippen LogP contribution in [0, 0.1) is 22.2 Å². The van der Waals surface area contributed by atoms with E-state index in [1.54, 1.807) is 0 Å². The summed E-state index contributed by atoms with van der Waals surface area (Å²) in [6, 6.07) is 2.25. The van der Waals surface area contributed by atoms with Gasteiger partial charge in [0.25, 0.3) is 0 Å². The summed E-state index contributed by atoms with van der Waals surface area (Å²) in [6.45, 7) is 8.40. The Labute approximate surface area is 63.0 Å². The van der Waals surface area contributed by atoms with Crippen LogP contribution in [0.5, 0.6) is 0 Å². The highest BCUT2D eigenvalue weighted by Crippen LogP contribution is 2.36. The summed E-state index contributed by atoms with van der Waals surface area (Å²) < 4.78 is 0. The molecule has 0 aromatic carbocycles. The van der Waals surface area contributed by atoms with Gasteiger partial charge in [-0.15, -0.1) is 0 Å². The first-order valence-corrected chi connectivity index (χ1v) is 3.49. The molecule has 0 atom stereocenters. The Morgan fingerprint density at radius 1 is 1.30 bits per heavy atom. The van der Waals surface area contributed by atoms with Crippen molar-refractivity contribution in [1.29, 1.82) is 5.26 Å². The van der Waals surface area contributed by atoms with Crippen molar-refractivity contribution in [3.05, 3.63) is 0 Å². The molecule has 0 aliphatic heterocycles. The second kappa shape index (κ2) is 2.59. The maximum atomic E-state index is 8.76. The molecule has 0 amide bonds. The Bertz CT molecular complexity index is 151. The molecule has 2 N–H and O–H groups in total. The predicted octanol–water partition coefficient (Wildman–Crippen LogP) is 1.52. The van der Waals surface area contributed by atoms with E-state index in [2.05, 4.69) is 6.07 Å². The molecule has 0 unspecified atom stereocenters. The molecule has 58 valence electrons. The fraction of sp³-hybridized carbons (Fsp3) is 0.875. The Morgan fingerprint density at radius 2 is 1.70 bits per heavy atom. The second-order valence-electron chi connectivity index (χ2n) is 3.82. The van der Waals surface area contributed by atoms with Gasteiger partial charge in [-0.25, -0.2) is 0 Å². The van der Waals surface area contributed by atoms with Crippen molar-refractivity contribution in [2.24, 2.45) is 16.6 Å². The van der Waals surface area contributed by atoms with Crippen molar-refractivity contribution in [3.8, 4) is 6.07 Å². The van der Waals surface area contributed by atoms with Gasteiger partial charge in [0, 0.05) is 0 Å². The van der Waals surface area contributed by atoms with E-state index in [1.165, 1.54) is 0 Å². The Balaban J connectivity index is 4.49. The third-order valence-electron chi connectivity index (χ3n) is 2.48. The highest BCUT2D eigenvalue weighted by molar-refractivity contribution is 5.01. The molecule has 0 aromatic rings. The van der Waals surface area contributed by atoms with Gasteiger partial charge in [0.15, 0.2) is 0 Å². The van der Waals surface area contributed by atoms with Crippen LogP contribution in [0.3, 0.4) is 0 Å². The zero-order chi connectivity index (χ0) is 8.41. The largest absolute Gasteiger partial charge is 0.330 e. The smallest absolute Gasteiger partial charge is 0.0690 e. The third-order valence-corrected chi connectivity index (χ3v) is 2.48. The van der Waals surface area contributed by atoms with Gasteiger partial charge in [-0.05, 0) is 25.8 Å². The molecule has 0 bridgehead atoms. The van der Waals surface area contributed by atoms with Gasteiger partial charge in [-0.2, -0.15) is 5.26 Å². The molecule has 0 heterocycles. The highest BCUT2D eigenvalue weighted by Gasteiger charge is 2.35. The first-order valence-electron chi connectivity index (χ1n) is 3.49. The quantitative estimate of drug-likeness (QED) is 0.632. The van der Waals surface area contributed by atoms with Crippen LogP contribution in [0.4, 0.5) is 0 Å². The van der Waals surface area contributed by atoms with Crippen molar-refractivity contribution in [2.75, 3.05) is 6.54 Å². The molecule has 0 aliphatic rings. The van der Waals surface area contributed by atoms with E-state index in [4.69, 9.17) is 11.0 Å². The van der Waals surface area contributed by atoms with Gasteiger partial charge < -0.3 is 5.73 Å². The lowest BCUT2D eigenvalue weighted by Crippen LogP contribution is -2.37. The Morgan fingerprint density at radius 3 is 1.80 bits per heavy atom. The van der Waals surface area contributed by atoms with Crippen molar-refractivity contribution in [2.45, 2.75) is 27.7 Å². The fourth-order valence-electron chi connectivity index (χ4n) is 0.406. The lowest BCUT2D eigenvalue weighted by molar-refractivity contribution is 0.185. The van der Waals surface area contributed by atoms with Crippen molar-refractivity contribution >= 4 is 0 Å². The standard InChI is InChI=1S/C8H16N2/c1-7(2,5-9)8(3,4)6-10/h5,9H2,1-4H3. The molecule has 0 saturated heterocycles. The molecule has 2 nitrogen and oxygen atoms in total. The minimum atomic E-state index is -0.332. The summed E-state index contributed by atoms with van der Waals surface area (Å²) in [5.74, 6) is 0. The monoisotopic (exact) mass is 140 g/mol. The first-order chi connectivity index (χ1) is 4.37. The summed E-state index contributed by atoms with van der Waals surface area (Å²) in [5, 5.41) is 8.76. The minimum absolute atomic E-state index is 0.0955. The summed E-state index contributed by atoms with van der Waals surface area (Å²) in [5.41, 5.74) is 5.09. The average molecular weight is 140 g/mol. The molecule has 0 spiro atoms. The molecule has 0 rings (SSSR count). The normalized spacial score (nSPS) is 12.8. The van der Waals surface area contributed by atoms with Crippen LogP contribution in [0.1, 0.15) is 27.7 Å². The molecule has 0 fully saturated rings. The molecule has 0 aromatic heterocycles. The topological polar surface area (TPSA) is 49.8 Å². The second-order valence-corrected chi connectivity index (χ2v) is 3.82. The molecular weight excluding hydrogens is 124 g/mol. The summed E-state index contributed by atoms with van der Waals surface area (Å²) >= 11 is 0. The average Bonchev–Trinajstić information content (AvgIpc) is 1.88. The molecular formula is C8H16N2. The highest BCUT2D eigenvalue weighted by atomic mass is 14.6. The predicted molar refractivity (Wildman–Crippen MR) is 42.2 cm³/mol. The van der Waals surface area contributed by atoms with E-state index in [0.717, 1.165) is 0 Å². The zero-order valence-corrected chi connectivity index (χ0v) is 7.23. The minimum Gasteiger partial charge on any atom is -0.330 e. The van der Waals surface area contributed by atoms with Crippen molar-refractivity contribution < 1.29 is 0 Å². The lowest BCUT2D eigenvalue weighted by atomic mass is 9.69. The van der Waals surface area contributed by atoms with E-state index >= 15 is 0 Å². The van der Waals surface area contributed by atoms with Crippen molar-refractivity contribution in [3.63, 3.8) is 0 Å². The number of nitrogens with two attached hydrogens (primary N) is 1. The number of nitriles is 1. The zero-order valence-electron chi connectivity index (χ0n) is 7.23. The maximum Gasteiger partial charge on any atom is 0.0690 e. The van der Waals surface area contributed by atoms with E-state index in [0.29, 0.717) is 6.54 Å². The molecule has 0 radical (unpaired) electrons. The van der Waals surface area contributed by atoms with Gasteiger partial charge in [0.2, 0.25) is 0 Å². The van der Waals surface area contributed by atoms with E-state index < -0.39 is 0 Å². The third kappa shape index (κ3) is 1.48. The molecule has 2 heteroatoms. The van der Waals surface area contributed by atoms with Crippen LogP contribution in [0.15, 0.2) is 0 Å². The van der Waals surface area contributed by atoms with Crippen LogP contribution in [-0.2, 0) is 0 Å². The van der Waals surface area contributed by atoms with Gasteiger partial charge in [-0.1, -0.05) is 13.8 Å². The van der Waals surface area contributed by atoms with Crippen LogP contribution in [0.25, 0.3) is 0 Å². The lowest BCUT2D eigenvalue weighted by Gasteiger charge is -2.34. The number of nitrogens with zero attached hydrogens (tertiary/aromatic N) is 1. The number of hydrogen-bond acceptors (Lipinski definition) is 2. The van der Waals surface area contributed by atoms with Crippen LogP contribution < -0.4 is 5.73 Å². The van der Waals surface area contributed by atoms with E-state index in [-0.39, 0.29) is 10.8 Å². The van der Waals surface area contributed by atoms with Gasteiger partial charge in [0.05, 0.1) is 11.5 Å². The van der Waals surface area contributed by atoms with E-state index in [9.17, 15) is 0 Å². The van der Waals surface area contributed by atoms with Crippen LogP contribution in [0.2, 0.25) is 0 Å². The van der Waals surface area contributed by atoms with E-state index in [1.807, 2.05) is 27.7 Å². The van der Waals surface area contributed by atoms with Crippen molar-refractivity contribution in [1.82, 2.24) is 0 Å². The number of hydrogen-bond donors (Lipinski definition) is 1. The fourth-order valence-corrected chi connectivity index (χ4v) is 0.406. The Kier molecular flexibility index (Phi) is 2.45. The summed E-state index contributed by atoms with van der Waals surface area (Å²) in [4.78, 5) is 0. The Hall–Kier alpha value is -0.550. The molecule has 0 aliphatic carbocycles. The van der Waals surface area contributed by atoms with Gasteiger partial charge >= 0.3 is 0 Å². The SMILES string of the molecule is CC(C)(C#N)C(C)(C)CN. The molecule has 0 saturated carbocycles.